The Balaban J connectivity index is 1.74. The van der Waals surface area contributed by atoms with Crippen molar-refractivity contribution in [2.45, 2.75) is 12.8 Å². The molecule has 0 atom stereocenters. The molecule has 0 saturated heterocycles. The minimum absolute atomic E-state index is 0.0705. The second kappa shape index (κ2) is 6.23. The zero-order valence-corrected chi connectivity index (χ0v) is 12.4. The lowest BCUT2D eigenvalue weighted by molar-refractivity contribution is -0.122. The van der Waals surface area contributed by atoms with E-state index >= 15 is 0 Å². The molecular weight excluding hydrogens is 359 g/mol. The lowest BCUT2D eigenvalue weighted by atomic mass is 10.2. The SMILES string of the molecule is O=C(NCCNC(=O)C1CC1)c1ccc(I)c(O)c1. The van der Waals surface area contributed by atoms with Crippen LogP contribution >= 0.6 is 22.6 Å². The summed E-state index contributed by atoms with van der Waals surface area (Å²) in [7, 11) is 0. The van der Waals surface area contributed by atoms with E-state index in [-0.39, 0.29) is 23.5 Å². The number of nitrogens with one attached hydrogen (secondary N) is 2. The third-order valence-electron chi connectivity index (χ3n) is 2.87. The number of carbonyl (C=O) groups excluding carboxylic acids is 2. The van der Waals surface area contributed by atoms with Gasteiger partial charge in [-0.05, 0) is 53.6 Å². The molecule has 0 unspecified atom stereocenters. The van der Waals surface area contributed by atoms with Gasteiger partial charge in [0.15, 0.2) is 0 Å². The normalized spacial score (nSPS) is 13.9. The van der Waals surface area contributed by atoms with Gasteiger partial charge in [-0.15, -0.1) is 0 Å². The Kier molecular flexibility index (Phi) is 4.62. The highest BCUT2D eigenvalue weighted by atomic mass is 127. The van der Waals surface area contributed by atoms with Crippen molar-refractivity contribution in [2.75, 3.05) is 13.1 Å². The molecule has 3 N–H and O–H groups in total. The first-order chi connectivity index (χ1) is 9.08. The predicted octanol–water partition coefficient (Wildman–Crippen LogP) is 1.25. The summed E-state index contributed by atoms with van der Waals surface area (Å²) >= 11 is 1.99. The molecule has 1 aromatic rings. The van der Waals surface area contributed by atoms with Crippen molar-refractivity contribution in [1.29, 1.82) is 0 Å². The lowest BCUT2D eigenvalue weighted by Crippen LogP contribution is -2.35. The molecule has 0 radical (unpaired) electrons. The molecule has 1 aliphatic rings. The minimum atomic E-state index is -0.257. The van der Waals surface area contributed by atoms with Crippen molar-refractivity contribution in [3.63, 3.8) is 0 Å². The van der Waals surface area contributed by atoms with Crippen molar-refractivity contribution in [2.24, 2.45) is 5.92 Å². The number of aromatic hydroxyl groups is 1. The van der Waals surface area contributed by atoms with Crippen molar-refractivity contribution >= 4 is 34.4 Å². The maximum atomic E-state index is 11.8. The molecule has 6 heteroatoms. The molecule has 5 nitrogen and oxygen atoms in total. The van der Waals surface area contributed by atoms with Crippen molar-refractivity contribution in [1.82, 2.24) is 10.6 Å². The standard InChI is InChI=1S/C13H15IN2O3/c14-10-4-3-9(7-11(10)17)13(19)16-6-5-15-12(18)8-1-2-8/h3-4,7-8,17H,1-2,5-6H2,(H,15,18)(H,16,19). The molecule has 2 amide bonds. The van der Waals surface area contributed by atoms with Crippen molar-refractivity contribution < 1.29 is 14.7 Å². The Morgan fingerprint density at radius 3 is 2.58 bits per heavy atom. The monoisotopic (exact) mass is 374 g/mol. The molecule has 0 aliphatic heterocycles. The number of amides is 2. The number of hydrogen-bond acceptors (Lipinski definition) is 3. The Labute approximate surface area is 124 Å². The van der Waals surface area contributed by atoms with E-state index in [4.69, 9.17) is 0 Å². The van der Waals surface area contributed by atoms with E-state index in [1.54, 1.807) is 12.1 Å². The van der Waals surface area contributed by atoms with Gasteiger partial charge in [0.1, 0.15) is 5.75 Å². The molecule has 0 aromatic heterocycles. The van der Waals surface area contributed by atoms with Crippen molar-refractivity contribution in [3.05, 3.63) is 27.3 Å². The molecular formula is C13H15IN2O3. The zero-order chi connectivity index (χ0) is 13.8. The van der Waals surface area contributed by atoms with Crippen LogP contribution in [0.2, 0.25) is 0 Å². The van der Waals surface area contributed by atoms with Crippen LogP contribution in [0, 0.1) is 9.49 Å². The second-order valence-electron chi connectivity index (χ2n) is 4.49. The highest BCUT2D eigenvalue weighted by Gasteiger charge is 2.28. The van der Waals surface area contributed by atoms with Crippen LogP contribution in [0.25, 0.3) is 0 Å². The van der Waals surface area contributed by atoms with Crippen LogP contribution in [-0.2, 0) is 4.79 Å². The van der Waals surface area contributed by atoms with Crippen LogP contribution in [0.4, 0.5) is 0 Å². The number of benzene rings is 1. The Morgan fingerprint density at radius 1 is 1.26 bits per heavy atom. The van der Waals surface area contributed by atoms with Gasteiger partial charge in [-0.2, -0.15) is 0 Å². The zero-order valence-electron chi connectivity index (χ0n) is 10.3. The molecule has 1 aliphatic carbocycles. The van der Waals surface area contributed by atoms with Gasteiger partial charge < -0.3 is 15.7 Å². The van der Waals surface area contributed by atoms with Crippen LogP contribution < -0.4 is 10.6 Å². The summed E-state index contributed by atoms with van der Waals surface area (Å²) in [6.45, 7) is 0.807. The van der Waals surface area contributed by atoms with Gasteiger partial charge in [-0.1, -0.05) is 0 Å². The summed E-state index contributed by atoms with van der Waals surface area (Å²) in [4.78, 5) is 23.1. The fourth-order valence-electron chi connectivity index (χ4n) is 1.61. The van der Waals surface area contributed by atoms with Gasteiger partial charge >= 0.3 is 0 Å². The Hall–Kier alpha value is -1.31. The first-order valence-corrected chi connectivity index (χ1v) is 7.20. The van der Waals surface area contributed by atoms with E-state index in [2.05, 4.69) is 10.6 Å². The highest BCUT2D eigenvalue weighted by Crippen LogP contribution is 2.28. The first-order valence-electron chi connectivity index (χ1n) is 6.12. The summed E-state index contributed by atoms with van der Waals surface area (Å²) in [6.07, 6.45) is 1.94. The summed E-state index contributed by atoms with van der Waals surface area (Å²) in [5.41, 5.74) is 0.409. The molecule has 1 aromatic carbocycles. The van der Waals surface area contributed by atoms with E-state index in [1.807, 2.05) is 22.6 Å². The summed E-state index contributed by atoms with van der Waals surface area (Å²) < 4.78 is 0.700. The van der Waals surface area contributed by atoms with Gasteiger partial charge in [-0.25, -0.2) is 0 Å². The molecule has 102 valence electrons. The lowest BCUT2D eigenvalue weighted by Gasteiger charge is -2.07. The van der Waals surface area contributed by atoms with Crippen LogP contribution in [0.3, 0.4) is 0 Å². The van der Waals surface area contributed by atoms with Crippen LogP contribution in [-0.4, -0.2) is 30.0 Å². The average Bonchev–Trinajstić information content (AvgIpc) is 3.21. The molecule has 0 heterocycles. The molecule has 1 saturated carbocycles. The smallest absolute Gasteiger partial charge is 0.251 e. The fraction of sp³-hybridized carbons (Fsp3) is 0.385. The maximum absolute atomic E-state index is 11.8. The number of halogens is 1. The fourth-order valence-corrected chi connectivity index (χ4v) is 1.94. The van der Waals surface area contributed by atoms with E-state index in [1.165, 1.54) is 6.07 Å². The molecule has 19 heavy (non-hydrogen) atoms. The van der Waals surface area contributed by atoms with E-state index < -0.39 is 0 Å². The van der Waals surface area contributed by atoms with Gasteiger partial charge in [0.05, 0.1) is 3.57 Å². The quantitative estimate of drug-likeness (QED) is 0.536. The minimum Gasteiger partial charge on any atom is -0.507 e. The van der Waals surface area contributed by atoms with Crippen LogP contribution in [0.15, 0.2) is 18.2 Å². The van der Waals surface area contributed by atoms with Crippen LogP contribution in [0.5, 0.6) is 5.75 Å². The summed E-state index contributed by atoms with van der Waals surface area (Å²) in [5, 5.41) is 15.0. The average molecular weight is 374 g/mol. The van der Waals surface area contributed by atoms with Gasteiger partial charge in [-0.3, -0.25) is 9.59 Å². The third-order valence-corrected chi connectivity index (χ3v) is 3.78. The Bertz CT molecular complexity index is 501. The predicted molar refractivity (Wildman–Crippen MR) is 78.9 cm³/mol. The van der Waals surface area contributed by atoms with E-state index in [0.717, 1.165) is 12.8 Å². The highest BCUT2D eigenvalue weighted by molar-refractivity contribution is 14.1. The van der Waals surface area contributed by atoms with Gasteiger partial charge in [0, 0.05) is 24.6 Å². The maximum Gasteiger partial charge on any atom is 0.251 e. The summed E-state index contributed by atoms with van der Waals surface area (Å²) in [5.74, 6) is 0.0904. The number of rotatable bonds is 5. The number of hydrogen-bond donors (Lipinski definition) is 3. The molecule has 1 fully saturated rings. The Morgan fingerprint density at radius 2 is 1.95 bits per heavy atom. The number of phenolic OH excluding ortho intramolecular Hbond substituents is 1. The van der Waals surface area contributed by atoms with Gasteiger partial charge in [0.25, 0.3) is 5.91 Å². The van der Waals surface area contributed by atoms with E-state index in [9.17, 15) is 14.7 Å². The first kappa shape index (κ1) is 14.1. The van der Waals surface area contributed by atoms with Gasteiger partial charge in [0.2, 0.25) is 5.91 Å². The molecule has 0 spiro atoms. The van der Waals surface area contributed by atoms with E-state index in [0.29, 0.717) is 22.2 Å². The second-order valence-corrected chi connectivity index (χ2v) is 5.65. The van der Waals surface area contributed by atoms with Crippen molar-refractivity contribution in [3.8, 4) is 5.75 Å². The summed E-state index contributed by atoms with van der Waals surface area (Å²) in [6, 6.07) is 4.76. The number of carbonyl (C=O) groups is 2. The molecule has 0 bridgehead atoms. The molecule has 2 rings (SSSR count). The third kappa shape index (κ3) is 4.09. The van der Waals surface area contributed by atoms with Crippen LogP contribution in [0.1, 0.15) is 23.2 Å². The largest absolute Gasteiger partial charge is 0.507 e. The number of phenols is 1. The topological polar surface area (TPSA) is 78.4 Å².